The predicted octanol–water partition coefficient (Wildman–Crippen LogP) is 4.12. The summed E-state index contributed by atoms with van der Waals surface area (Å²) >= 11 is 5.89. The summed E-state index contributed by atoms with van der Waals surface area (Å²) in [5.41, 5.74) is 8.85. The third-order valence-corrected chi connectivity index (χ3v) is 5.71. The number of hydrogen-bond acceptors (Lipinski definition) is 6. The van der Waals surface area contributed by atoms with Crippen LogP contribution in [0.5, 0.6) is 0 Å². The summed E-state index contributed by atoms with van der Waals surface area (Å²) in [5, 5.41) is 10.4. The van der Waals surface area contributed by atoms with E-state index in [4.69, 9.17) is 17.3 Å². The molecule has 3 heterocycles. The van der Waals surface area contributed by atoms with Crippen molar-refractivity contribution in [3.05, 3.63) is 77.2 Å². The van der Waals surface area contributed by atoms with Crippen molar-refractivity contribution in [3.8, 4) is 0 Å². The van der Waals surface area contributed by atoms with Crippen LogP contribution in [0.1, 0.15) is 34.8 Å². The number of piperidine rings is 1. The van der Waals surface area contributed by atoms with Crippen LogP contribution in [0.4, 0.5) is 17.2 Å². The molecular weight excluding hydrogens is 412 g/mol. The molecule has 0 radical (unpaired) electrons. The number of aromatic nitrogens is 2. The number of halogens is 1. The van der Waals surface area contributed by atoms with Crippen molar-refractivity contribution in [2.75, 3.05) is 29.5 Å². The van der Waals surface area contributed by atoms with Crippen LogP contribution in [0.3, 0.4) is 0 Å². The van der Waals surface area contributed by atoms with Crippen LogP contribution >= 0.6 is 11.6 Å². The molecule has 0 saturated carbocycles. The van der Waals surface area contributed by atoms with Gasteiger partial charge in [-0.25, -0.2) is 4.98 Å². The molecule has 31 heavy (non-hydrogen) atoms. The topological polar surface area (TPSA) is 105 Å². The first-order valence-electron chi connectivity index (χ1n) is 10.3. The van der Waals surface area contributed by atoms with E-state index >= 15 is 0 Å². The fourth-order valence-corrected chi connectivity index (χ4v) is 4.01. The lowest BCUT2D eigenvalue weighted by molar-refractivity contribution is 0.102. The molecule has 4 rings (SSSR count). The summed E-state index contributed by atoms with van der Waals surface area (Å²) < 4.78 is 0. The van der Waals surface area contributed by atoms with Crippen molar-refractivity contribution >= 4 is 34.7 Å². The highest BCUT2D eigenvalue weighted by atomic mass is 35.5. The number of nitrogens with one attached hydrogen (secondary N) is 3. The van der Waals surface area contributed by atoms with Crippen molar-refractivity contribution in [2.45, 2.75) is 18.9 Å². The molecule has 8 heteroatoms. The molecule has 0 aliphatic carbocycles. The van der Waals surface area contributed by atoms with Gasteiger partial charge in [0.05, 0.1) is 16.6 Å². The second kappa shape index (κ2) is 9.76. The van der Waals surface area contributed by atoms with Gasteiger partial charge in [-0.2, -0.15) is 0 Å². The number of rotatable bonds is 6. The summed E-state index contributed by atoms with van der Waals surface area (Å²) in [7, 11) is 0. The molecular formula is C23H25ClN6O. The Morgan fingerprint density at radius 1 is 1.13 bits per heavy atom. The molecule has 1 atom stereocenters. The highest BCUT2D eigenvalue weighted by molar-refractivity contribution is 6.30. The maximum atomic E-state index is 13.1. The highest BCUT2D eigenvalue weighted by Crippen LogP contribution is 2.34. The molecule has 2 aromatic heterocycles. The van der Waals surface area contributed by atoms with Crippen molar-refractivity contribution in [3.63, 3.8) is 0 Å². The number of benzene rings is 1. The SMILES string of the molecule is Nc1ccc(NC(c2ccncc2)C2CCNCC2)c(C(=O)Nc2ccc(Cl)cn2)c1. The number of anilines is 3. The van der Waals surface area contributed by atoms with Gasteiger partial charge in [-0.15, -0.1) is 0 Å². The number of carbonyl (C=O) groups is 1. The number of hydrogen-bond donors (Lipinski definition) is 4. The molecule has 1 fully saturated rings. The fraction of sp³-hybridized carbons (Fsp3) is 0.261. The molecule has 0 spiro atoms. The van der Waals surface area contributed by atoms with Gasteiger partial charge >= 0.3 is 0 Å². The average Bonchev–Trinajstić information content (AvgIpc) is 2.81. The van der Waals surface area contributed by atoms with Crippen molar-refractivity contribution < 1.29 is 4.79 Å². The van der Waals surface area contributed by atoms with Crippen LogP contribution in [0, 0.1) is 5.92 Å². The lowest BCUT2D eigenvalue weighted by Gasteiger charge is -2.33. The van der Waals surface area contributed by atoms with Gasteiger partial charge in [-0.3, -0.25) is 9.78 Å². The second-order valence-corrected chi connectivity index (χ2v) is 8.05. The summed E-state index contributed by atoms with van der Waals surface area (Å²) in [6.45, 7) is 1.95. The van der Waals surface area contributed by atoms with Crippen molar-refractivity contribution in [1.29, 1.82) is 0 Å². The molecule has 7 nitrogen and oxygen atoms in total. The zero-order valence-corrected chi connectivity index (χ0v) is 17.8. The number of nitrogens with two attached hydrogens (primary N) is 1. The summed E-state index contributed by atoms with van der Waals surface area (Å²) in [4.78, 5) is 21.4. The molecule has 1 aromatic carbocycles. The molecule has 1 saturated heterocycles. The molecule has 1 aliphatic heterocycles. The van der Waals surface area contributed by atoms with Crippen LogP contribution in [-0.4, -0.2) is 29.0 Å². The van der Waals surface area contributed by atoms with Gasteiger partial charge in [0.2, 0.25) is 0 Å². The van der Waals surface area contributed by atoms with Gasteiger partial charge in [0.25, 0.3) is 5.91 Å². The van der Waals surface area contributed by atoms with Gasteiger partial charge in [0, 0.05) is 30.0 Å². The van der Waals surface area contributed by atoms with Crippen LogP contribution in [0.15, 0.2) is 61.1 Å². The Morgan fingerprint density at radius 3 is 2.61 bits per heavy atom. The lowest BCUT2D eigenvalue weighted by Crippen LogP contribution is -2.33. The van der Waals surface area contributed by atoms with E-state index in [9.17, 15) is 4.79 Å². The van der Waals surface area contributed by atoms with Gasteiger partial charge < -0.3 is 21.7 Å². The summed E-state index contributed by atoms with van der Waals surface area (Å²) in [6, 6.07) is 12.8. The van der Waals surface area contributed by atoms with Gasteiger partial charge in [-0.05, 0) is 79.9 Å². The average molecular weight is 437 g/mol. The molecule has 1 unspecified atom stereocenters. The van der Waals surface area contributed by atoms with E-state index in [1.54, 1.807) is 36.7 Å². The molecule has 3 aromatic rings. The lowest BCUT2D eigenvalue weighted by atomic mass is 9.86. The Hall–Kier alpha value is -3.16. The van der Waals surface area contributed by atoms with E-state index in [1.165, 1.54) is 6.20 Å². The Kier molecular flexibility index (Phi) is 6.64. The number of pyridine rings is 2. The number of nitrogen functional groups attached to an aromatic ring is 1. The Labute approximate surface area is 186 Å². The first-order valence-corrected chi connectivity index (χ1v) is 10.7. The zero-order valence-electron chi connectivity index (χ0n) is 17.0. The molecule has 5 N–H and O–H groups in total. The maximum absolute atomic E-state index is 13.1. The van der Waals surface area contributed by atoms with E-state index in [-0.39, 0.29) is 11.9 Å². The summed E-state index contributed by atoms with van der Waals surface area (Å²) in [5.74, 6) is 0.560. The van der Waals surface area contributed by atoms with E-state index in [1.807, 2.05) is 18.2 Å². The number of amides is 1. The van der Waals surface area contributed by atoms with Gasteiger partial charge in [-0.1, -0.05) is 11.6 Å². The minimum Gasteiger partial charge on any atom is -0.399 e. The third kappa shape index (κ3) is 5.31. The van der Waals surface area contributed by atoms with E-state index in [0.29, 0.717) is 28.0 Å². The standard InChI is InChI=1S/C23H25ClN6O/c24-17-1-4-21(28-14-17)30-23(31)19-13-18(25)2-3-20(19)29-22(15-5-9-26-10-6-15)16-7-11-27-12-8-16/h1-6,9-10,13-14,16,22,27,29H,7-8,11-12,25H2,(H,28,30,31). The quantitative estimate of drug-likeness (QED) is 0.433. The normalized spacial score (nSPS) is 15.3. The van der Waals surface area contributed by atoms with Crippen LogP contribution < -0.4 is 21.7 Å². The zero-order chi connectivity index (χ0) is 21.6. The first kappa shape index (κ1) is 21.1. The fourth-order valence-electron chi connectivity index (χ4n) is 3.90. The first-order chi connectivity index (χ1) is 15.1. The minimum absolute atomic E-state index is 0.0499. The van der Waals surface area contributed by atoms with Gasteiger partial charge in [0.15, 0.2) is 0 Å². The van der Waals surface area contributed by atoms with Gasteiger partial charge in [0.1, 0.15) is 5.82 Å². The highest BCUT2D eigenvalue weighted by Gasteiger charge is 2.26. The largest absolute Gasteiger partial charge is 0.399 e. The molecule has 160 valence electrons. The smallest absolute Gasteiger partial charge is 0.258 e. The Bertz CT molecular complexity index is 1020. The molecule has 0 bridgehead atoms. The van der Waals surface area contributed by atoms with Crippen LogP contribution in [0.2, 0.25) is 5.02 Å². The maximum Gasteiger partial charge on any atom is 0.258 e. The predicted molar refractivity (Wildman–Crippen MR) is 124 cm³/mol. The minimum atomic E-state index is -0.289. The van der Waals surface area contributed by atoms with Crippen LogP contribution in [-0.2, 0) is 0 Å². The Morgan fingerprint density at radius 2 is 1.90 bits per heavy atom. The van der Waals surface area contributed by atoms with Crippen molar-refractivity contribution in [1.82, 2.24) is 15.3 Å². The van der Waals surface area contributed by atoms with E-state index in [2.05, 4.69) is 25.9 Å². The third-order valence-electron chi connectivity index (χ3n) is 5.49. The molecule has 1 aliphatic rings. The monoisotopic (exact) mass is 436 g/mol. The van der Waals surface area contributed by atoms with E-state index in [0.717, 1.165) is 37.2 Å². The summed E-state index contributed by atoms with van der Waals surface area (Å²) in [6.07, 6.45) is 7.18. The Balaban J connectivity index is 1.63. The van der Waals surface area contributed by atoms with Crippen molar-refractivity contribution in [2.24, 2.45) is 5.92 Å². The number of carbonyl (C=O) groups excluding carboxylic acids is 1. The molecule has 1 amide bonds. The van der Waals surface area contributed by atoms with E-state index < -0.39 is 0 Å². The van der Waals surface area contributed by atoms with Crippen LogP contribution in [0.25, 0.3) is 0 Å². The number of nitrogens with zero attached hydrogens (tertiary/aromatic N) is 2. The second-order valence-electron chi connectivity index (χ2n) is 7.61.